The van der Waals surface area contributed by atoms with Crippen molar-refractivity contribution >= 4 is 29.7 Å². The molecule has 146 valence electrons. The molecule has 10 heteroatoms. The number of nitrogens with one attached hydrogen (secondary N) is 2. The zero-order chi connectivity index (χ0) is 19.4. The predicted molar refractivity (Wildman–Crippen MR) is 103 cm³/mol. The summed E-state index contributed by atoms with van der Waals surface area (Å²) in [5.74, 6) is 0.478. The summed E-state index contributed by atoms with van der Waals surface area (Å²) in [6, 6.07) is 7.55. The number of carbonyl (C=O) groups is 1. The molecule has 1 heterocycles. The fraction of sp³-hybridized carbons (Fsp3) is 0.235. The van der Waals surface area contributed by atoms with E-state index in [1.165, 1.54) is 24.3 Å². The van der Waals surface area contributed by atoms with Crippen molar-refractivity contribution in [2.45, 2.75) is 24.3 Å². The molecule has 1 aromatic carbocycles. The van der Waals surface area contributed by atoms with Crippen LogP contribution < -0.4 is 15.8 Å². The molecule has 0 bridgehead atoms. The summed E-state index contributed by atoms with van der Waals surface area (Å²) in [7, 11) is 0. The molecular weight excluding hydrogens is 538 g/mol. The van der Waals surface area contributed by atoms with Gasteiger partial charge >= 0.3 is 27.2 Å². The van der Waals surface area contributed by atoms with Gasteiger partial charge in [0.1, 0.15) is 0 Å². The van der Waals surface area contributed by atoms with E-state index in [9.17, 15) is 4.79 Å². The van der Waals surface area contributed by atoms with Crippen molar-refractivity contribution < 1.29 is 35.7 Å². The van der Waals surface area contributed by atoms with Gasteiger partial charge < -0.3 is 34.3 Å². The van der Waals surface area contributed by atoms with Gasteiger partial charge in [-0.05, 0) is 42.6 Å². The fourth-order valence-corrected chi connectivity index (χ4v) is 1.85. The number of hydrogen-bond acceptors (Lipinski definition) is 8. The maximum absolute atomic E-state index is 10.6. The molecule has 8 nitrogen and oxygen atoms in total. The molecule has 2 rings (SSSR count). The van der Waals surface area contributed by atoms with Crippen molar-refractivity contribution in [3.8, 4) is 5.75 Å². The first-order valence-electron chi connectivity index (χ1n) is 7.80. The van der Waals surface area contributed by atoms with E-state index < -0.39 is 12.2 Å². The molecular formula is C17H23N5O3SW. The summed E-state index contributed by atoms with van der Waals surface area (Å²) in [5, 5.41) is 20.0. The quantitative estimate of drug-likeness (QED) is 0.314. The first kappa shape index (κ1) is 25.2. The molecule has 0 saturated heterocycles. The van der Waals surface area contributed by atoms with Crippen molar-refractivity contribution in [3.05, 3.63) is 50.5 Å². The van der Waals surface area contributed by atoms with Gasteiger partial charge in [-0.25, -0.2) is 14.8 Å². The Morgan fingerprint density at radius 2 is 1.89 bits per heavy atom. The Kier molecular flexibility index (Phi) is 13.3. The first-order chi connectivity index (χ1) is 12.4. The Labute approximate surface area is 178 Å². The van der Waals surface area contributed by atoms with Crippen molar-refractivity contribution in [1.82, 2.24) is 15.3 Å². The third-order valence-corrected chi connectivity index (χ3v) is 3.22. The second-order valence-electron chi connectivity index (χ2n) is 4.99. The average molecular weight is 561 g/mol. The monoisotopic (exact) mass is 561 g/mol. The van der Waals surface area contributed by atoms with E-state index in [4.69, 9.17) is 10.2 Å². The van der Waals surface area contributed by atoms with Crippen LogP contribution in [-0.2, 0) is 25.8 Å². The number of anilines is 2. The number of hydrogen-bond donors (Lipinski definition) is 4. The van der Waals surface area contributed by atoms with Gasteiger partial charge in [0.05, 0.1) is 12.4 Å². The topological polar surface area (TPSA) is 122 Å². The van der Waals surface area contributed by atoms with E-state index in [-0.39, 0.29) is 26.8 Å². The second kappa shape index (κ2) is 14.3. The normalized spacial score (nSPS) is 9.52. The SMILES string of the molecule is NSc1ccc(Nc2ncc(O)cn2)cc1.[CH2-]C([CH2-])OC(=O)NCCC.[W+2]. The maximum Gasteiger partial charge on any atom is 2.00 e. The number of aromatic nitrogens is 2. The molecule has 0 aliphatic carbocycles. The van der Waals surface area contributed by atoms with Crippen LogP contribution >= 0.6 is 11.9 Å². The minimum absolute atomic E-state index is 0. The summed E-state index contributed by atoms with van der Waals surface area (Å²) in [4.78, 5) is 19.4. The number of nitrogens with zero attached hydrogens (tertiary/aromatic N) is 2. The van der Waals surface area contributed by atoms with E-state index in [2.05, 4.69) is 39.2 Å². The number of amides is 1. The van der Waals surface area contributed by atoms with Crippen LogP contribution in [-0.4, -0.2) is 33.8 Å². The zero-order valence-corrected chi connectivity index (χ0v) is 18.7. The molecule has 5 N–H and O–H groups in total. The van der Waals surface area contributed by atoms with E-state index >= 15 is 0 Å². The smallest absolute Gasteiger partial charge is 0.511 e. The van der Waals surface area contributed by atoms with Crippen LogP contribution in [0.2, 0.25) is 0 Å². The second-order valence-corrected chi connectivity index (χ2v) is 5.69. The van der Waals surface area contributed by atoms with E-state index in [0.29, 0.717) is 12.5 Å². The van der Waals surface area contributed by atoms with Crippen LogP contribution in [0.1, 0.15) is 13.3 Å². The standard InChI is InChI=1S/C10H10N4OS.C7H13NO2.W/c11-16-9-3-1-7(2-4-9)14-10-12-5-8(15)6-13-10;1-4-5-8-7(9)10-6(2)3;/h1-6,15H,11H2,(H,12,13,14);6H,2-5H2,1H3,(H,8,9);/q;-2;+2. The molecule has 0 saturated carbocycles. The number of ether oxygens (including phenoxy) is 1. The van der Waals surface area contributed by atoms with Crippen LogP contribution in [0.4, 0.5) is 16.4 Å². The molecule has 0 aliphatic rings. The summed E-state index contributed by atoms with van der Waals surface area (Å²) in [6.45, 7) is 9.38. The van der Waals surface area contributed by atoms with Crippen molar-refractivity contribution in [2.75, 3.05) is 11.9 Å². The van der Waals surface area contributed by atoms with Crippen molar-refractivity contribution in [3.63, 3.8) is 0 Å². The number of nitrogens with two attached hydrogens (primary N) is 1. The first-order valence-corrected chi connectivity index (χ1v) is 8.68. The average Bonchev–Trinajstić information content (AvgIpc) is 2.62. The minimum atomic E-state index is -0.531. The summed E-state index contributed by atoms with van der Waals surface area (Å²) in [5.41, 5.74) is 0.864. The van der Waals surface area contributed by atoms with Crippen LogP contribution in [0.3, 0.4) is 0 Å². The van der Waals surface area contributed by atoms with E-state index in [1.807, 2.05) is 31.2 Å². The molecule has 0 unspecified atom stereocenters. The van der Waals surface area contributed by atoms with Crippen LogP contribution in [0.25, 0.3) is 0 Å². The summed E-state index contributed by atoms with van der Waals surface area (Å²) in [6.07, 6.45) is 2.58. The molecule has 0 atom stereocenters. The predicted octanol–water partition coefficient (Wildman–Crippen LogP) is 3.05. The number of aromatic hydroxyl groups is 1. The molecule has 1 amide bonds. The van der Waals surface area contributed by atoms with Gasteiger partial charge in [-0.2, -0.15) is 0 Å². The number of rotatable bonds is 6. The summed E-state index contributed by atoms with van der Waals surface area (Å²) >= 11 is 1.19. The van der Waals surface area contributed by atoms with Gasteiger partial charge in [-0.3, -0.25) is 5.14 Å². The zero-order valence-electron chi connectivity index (χ0n) is 14.9. The minimum Gasteiger partial charge on any atom is -0.511 e. The molecule has 27 heavy (non-hydrogen) atoms. The van der Waals surface area contributed by atoms with Gasteiger partial charge in [-0.1, -0.05) is 6.92 Å². The van der Waals surface area contributed by atoms with E-state index in [0.717, 1.165) is 17.0 Å². The molecule has 0 radical (unpaired) electrons. The maximum atomic E-state index is 10.6. The number of carbonyl (C=O) groups excluding carboxylic acids is 1. The Balaban J connectivity index is 0.000000539. The Hall–Kier alpha value is -1.83. The molecule has 1 aromatic heterocycles. The Bertz CT molecular complexity index is 657. The van der Waals surface area contributed by atoms with E-state index in [1.54, 1.807) is 0 Å². The Morgan fingerprint density at radius 1 is 1.30 bits per heavy atom. The van der Waals surface area contributed by atoms with Crippen LogP contribution in [0.15, 0.2) is 41.6 Å². The number of benzene rings is 1. The Morgan fingerprint density at radius 3 is 2.37 bits per heavy atom. The van der Waals surface area contributed by atoms with Crippen LogP contribution in [0, 0.1) is 13.8 Å². The van der Waals surface area contributed by atoms with Gasteiger partial charge in [0.2, 0.25) is 5.95 Å². The van der Waals surface area contributed by atoms with Crippen molar-refractivity contribution in [1.29, 1.82) is 0 Å². The third-order valence-electron chi connectivity index (χ3n) is 2.68. The van der Waals surface area contributed by atoms with Gasteiger partial charge in [0.15, 0.2) is 5.75 Å². The number of alkyl carbamates (subject to hydrolysis) is 1. The fourth-order valence-electron chi connectivity index (χ4n) is 1.55. The molecule has 0 spiro atoms. The largest absolute Gasteiger partial charge is 2.00 e. The molecule has 0 aliphatic heterocycles. The van der Waals surface area contributed by atoms with Crippen LogP contribution in [0.5, 0.6) is 5.75 Å². The van der Waals surface area contributed by atoms with Gasteiger partial charge in [-0.15, -0.1) is 6.10 Å². The van der Waals surface area contributed by atoms with Gasteiger partial charge in [0.25, 0.3) is 0 Å². The molecule has 2 aromatic rings. The summed E-state index contributed by atoms with van der Waals surface area (Å²) < 4.78 is 4.58. The molecule has 0 fully saturated rings. The third kappa shape index (κ3) is 11.5. The van der Waals surface area contributed by atoms with Gasteiger partial charge in [0, 0.05) is 17.1 Å². The van der Waals surface area contributed by atoms with Crippen molar-refractivity contribution in [2.24, 2.45) is 5.14 Å².